The normalized spacial score (nSPS) is 30.3. The maximum absolute atomic E-state index is 5.48. The maximum atomic E-state index is 5.48. The molecule has 2 unspecified atom stereocenters. The molecule has 1 aliphatic heterocycles. The van der Waals surface area contributed by atoms with E-state index in [-0.39, 0.29) is 0 Å². The molecule has 0 amide bonds. The Morgan fingerprint density at radius 1 is 1.05 bits per heavy atom. The van der Waals surface area contributed by atoms with Crippen LogP contribution in [0.1, 0.15) is 58.3 Å². The first kappa shape index (κ1) is 16.3. The van der Waals surface area contributed by atoms with Gasteiger partial charge in [0.2, 0.25) is 0 Å². The van der Waals surface area contributed by atoms with E-state index in [9.17, 15) is 0 Å². The first-order chi connectivity index (χ1) is 9.83. The number of likely N-dealkylation sites (tertiary alicyclic amines) is 1. The van der Waals surface area contributed by atoms with Gasteiger partial charge >= 0.3 is 0 Å². The Morgan fingerprint density at radius 3 is 2.50 bits per heavy atom. The van der Waals surface area contributed by atoms with Crippen LogP contribution in [0.3, 0.4) is 0 Å². The minimum absolute atomic E-state index is 0.509. The second-order valence-corrected chi connectivity index (χ2v) is 6.69. The van der Waals surface area contributed by atoms with Gasteiger partial charge in [-0.2, -0.15) is 0 Å². The highest BCUT2D eigenvalue weighted by Gasteiger charge is 2.27. The van der Waals surface area contributed by atoms with Crippen molar-refractivity contribution in [2.24, 2.45) is 5.92 Å². The van der Waals surface area contributed by atoms with Gasteiger partial charge in [0, 0.05) is 32.8 Å². The quantitative estimate of drug-likeness (QED) is 0.758. The summed E-state index contributed by atoms with van der Waals surface area (Å²) in [5.74, 6) is 0.864. The maximum Gasteiger partial charge on any atom is 0.0595 e. The fraction of sp³-hybridized carbons (Fsp3) is 1.00. The molecule has 2 aliphatic rings. The average Bonchev–Trinajstić information content (AvgIpc) is 2.71. The van der Waals surface area contributed by atoms with E-state index in [4.69, 9.17) is 4.74 Å². The Labute approximate surface area is 125 Å². The first-order valence-corrected chi connectivity index (χ1v) is 8.82. The third kappa shape index (κ3) is 5.01. The average molecular weight is 282 g/mol. The van der Waals surface area contributed by atoms with Crippen LogP contribution in [0.15, 0.2) is 0 Å². The van der Waals surface area contributed by atoms with Crippen molar-refractivity contribution in [1.82, 2.24) is 10.2 Å². The van der Waals surface area contributed by atoms with Crippen molar-refractivity contribution in [3.8, 4) is 0 Å². The van der Waals surface area contributed by atoms with Crippen LogP contribution in [0.2, 0.25) is 0 Å². The van der Waals surface area contributed by atoms with Gasteiger partial charge in [-0.25, -0.2) is 0 Å². The van der Waals surface area contributed by atoms with Gasteiger partial charge in [-0.1, -0.05) is 26.2 Å². The summed E-state index contributed by atoms with van der Waals surface area (Å²) >= 11 is 0. The molecule has 2 fully saturated rings. The number of piperidine rings is 1. The summed E-state index contributed by atoms with van der Waals surface area (Å²) in [7, 11) is 1.86. The van der Waals surface area contributed by atoms with Crippen molar-refractivity contribution >= 4 is 0 Å². The lowest BCUT2D eigenvalue weighted by atomic mass is 9.93. The Balaban J connectivity index is 1.81. The molecule has 0 aromatic heterocycles. The minimum Gasteiger partial charge on any atom is -0.381 e. The molecular formula is C17H34N2O. The molecule has 2 atom stereocenters. The van der Waals surface area contributed by atoms with Crippen LogP contribution in [-0.4, -0.2) is 50.3 Å². The highest BCUT2D eigenvalue weighted by molar-refractivity contribution is 4.83. The van der Waals surface area contributed by atoms with E-state index in [0.717, 1.165) is 12.0 Å². The minimum atomic E-state index is 0.509. The predicted molar refractivity (Wildman–Crippen MR) is 85.1 cm³/mol. The number of rotatable bonds is 6. The lowest BCUT2D eigenvalue weighted by Crippen LogP contribution is -2.45. The van der Waals surface area contributed by atoms with Crippen LogP contribution in [0, 0.1) is 5.92 Å². The van der Waals surface area contributed by atoms with Crippen LogP contribution in [-0.2, 0) is 4.74 Å². The van der Waals surface area contributed by atoms with Crippen molar-refractivity contribution in [2.45, 2.75) is 70.4 Å². The second-order valence-electron chi connectivity index (χ2n) is 6.69. The molecule has 0 aromatic rings. The molecule has 20 heavy (non-hydrogen) atoms. The van der Waals surface area contributed by atoms with Crippen molar-refractivity contribution < 1.29 is 4.74 Å². The van der Waals surface area contributed by atoms with Crippen molar-refractivity contribution in [2.75, 3.05) is 33.3 Å². The zero-order valence-electron chi connectivity index (χ0n) is 13.6. The molecule has 1 aliphatic carbocycles. The highest BCUT2D eigenvalue weighted by atomic mass is 16.5. The summed E-state index contributed by atoms with van der Waals surface area (Å²) in [5, 5.41) is 3.82. The number of hydrogen-bond acceptors (Lipinski definition) is 3. The molecule has 3 heteroatoms. The smallest absolute Gasteiger partial charge is 0.0595 e. The van der Waals surface area contributed by atoms with E-state index in [1.807, 2.05) is 7.11 Å². The zero-order chi connectivity index (χ0) is 14.2. The molecular weight excluding hydrogens is 248 g/mol. The first-order valence-electron chi connectivity index (χ1n) is 8.82. The summed E-state index contributed by atoms with van der Waals surface area (Å²) in [6.07, 6.45) is 11.3. The number of ether oxygens (including phenoxy) is 1. The molecule has 1 heterocycles. The van der Waals surface area contributed by atoms with E-state index in [2.05, 4.69) is 17.1 Å². The predicted octanol–water partition coefficient (Wildman–Crippen LogP) is 3.05. The van der Waals surface area contributed by atoms with Crippen molar-refractivity contribution in [1.29, 1.82) is 0 Å². The van der Waals surface area contributed by atoms with E-state index in [1.54, 1.807) is 0 Å². The van der Waals surface area contributed by atoms with Gasteiger partial charge in [0.1, 0.15) is 0 Å². The summed E-state index contributed by atoms with van der Waals surface area (Å²) in [6.45, 7) is 7.23. The van der Waals surface area contributed by atoms with E-state index in [0.29, 0.717) is 6.10 Å². The third-order valence-corrected chi connectivity index (χ3v) is 5.18. The molecule has 3 nitrogen and oxygen atoms in total. The Bertz CT molecular complexity index is 251. The second kappa shape index (κ2) is 9.01. The topological polar surface area (TPSA) is 24.5 Å². The standard InChI is InChI=1S/C17H34N2O/c1-3-11-18-17-8-6-4-5-7-15(17)14-19-12-9-16(20-2)10-13-19/h15-18H,3-14H2,1-2H3. The lowest BCUT2D eigenvalue weighted by Gasteiger charge is -2.36. The van der Waals surface area contributed by atoms with Crippen molar-refractivity contribution in [3.05, 3.63) is 0 Å². The van der Waals surface area contributed by atoms with Crippen LogP contribution in [0.4, 0.5) is 0 Å². The molecule has 0 radical (unpaired) electrons. The summed E-state index contributed by atoms with van der Waals surface area (Å²) < 4.78 is 5.48. The highest BCUT2D eigenvalue weighted by Crippen LogP contribution is 2.26. The molecule has 0 spiro atoms. The van der Waals surface area contributed by atoms with Gasteiger partial charge in [0.25, 0.3) is 0 Å². The van der Waals surface area contributed by atoms with Gasteiger partial charge in [-0.3, -0.25) is 0 Å². The summed E-state index contributed by atoms with van der Waals surface area (Å²) in [4.78, 5) is 2.69. The molecule has 0 bridgehead atoms. The van der Waals surface area contributed by atoms with Gasteiger partial charge in [-0.05, 0) is 44.6 Å². The Hall–Kier alpha value is -0.120. The summed E-state index contributed by atoms with van der Waals surface area (Å²) in [5.41, 5.74) is 0. The number of nitrogens with zero attached hydrogens (tertiary/aromatic N) is 1. The van der Waals surface area contributed by atoms with E-state index in [1.165, 1.54) is 77.5 Å². The Morgan fingerprint density at radius 2 is 1.80 bits per heavy atom. The van der Waals surface area contributed by atoms with Gasteiger partial charge in [0.15, 0.2) is 0 Å². The van der Waals surface area contributed by atoms with Gasteiger partial charge in [0.05, 0.1) is 6.10 Å². The molecule has 118 valence electrons. The fourth-order valence-corrected chi connectivity index (χ4v) is 3.86. The molecule has 1 N–H and O–H groups in total. The number of methoxy groups -OCH3 is 1. The lowest BCUT2D eigenvalue weighted by molar-refractivity contribution is 0.0341. The zero-order valence-corrected chi connectivity index (χ0v) is 13.6. The third-order valence-electron chi connectivity index (χ3n) is 5.18. The Kier molecular flexibility index (Phi) is 7.32. The SMILES string of the molecule is CCCNC1CCCCCC1CN1CCC(OC)CC1. The largest absolute Gasteiger partial charge is 0.381 e. The van der Waals surface area contributed by atoms with E-state index < -0.39 is 0 Å². The summed E-state index contributed by atoms with van der Waals surface area (Å²) in [6, 6.07) is 0.762. The molecule has 2 rings (SSSR count). The van der Waals surface area contributed by atoms with Gasteiger partial charge in [-0.15, -0.1) is 0 Å². The molecule has 1 saturated heterocycles. The molecule has 0 aromatic carbocycles. The van der Waals surface area contributed by atoms with Crippen molar-refractivity contribution in [3.63, 3.8) is 0 Å². The number of nitrogens with one attached hydrogen (secondary N) is 1. The fourth-order valence-electron chi connectivity index (χ4n) is 3.86. The van der Waals surface area contributed by atoms with Crippen LogP contribution in [0.25, 0.3) is 0 Å². The van der Waals surface area contributed by atoms with E-state index >= 15 is 0 Å². The number of hydrogen-bond donors (Lipinski definition) is 1. The van der Waals surface area contributed by atoms with Crippen LogP contribution < -0.4 is 5.32 Å². The van der Waals surface area contributed by atoms with Crippen LogP contribution >= 0.6 is 0 Å². The van der Waals surface area contributed by atoms with Crippen LogP contribution in [0.5, 0.6) is 0 Å². The molecule has 1 saturated carbocycles. The monoisotopic (exact) mass is 282 g/mol. The van der Waals surface area contributed by atoms with Gasteiger partial charge < -0.3 is 15.0 Å².